The van der Waals surface area contributed by atoms with Crippen molar-refractivity contribution in [2.75, 3.05) is 12.3 Å². The molecule has 0 aromatic carbocycles. The highest BCUT2D eigenvalue weighted by Crippen LogP contribution is 2.24. The summed E-state index contributed by atoms with van der Waals surface area (Å²) >= 11 is 2.01. The summed E-state index contributed by atoms with van der Waals surface area (Å²) in [5.41, 5.74) is 2.72. The molecule has 88 valence electrons. The molecule has 1 saturated heterocycles. The monoisotopic (exact) mass is 230 g/mol. The zero-order valence-corrected chi connectivity index (χ0v) is 10.8. The van der Waals surface area contributed by atoms with Gasteiger partial charge < -0.3 is 4.90 Å². The third-order valence-corrected chi connectivity index (χ3v) is 4.00. The van der Waals surface area contributed by atoms with E-state index in [9.17, 15) is 0 Å². The summed E-state index contributed by atoms with van der Waals surface area (Å²) in [6, 6.07) is 0.755. The largest absolute Gasteiger partial charge is 0.337 e. The molecule has 5 heteroatoms. The maximum absolute atomic E-state index is 5.53. The van der Waals surface area contributed by atoms with E-state index < -0.39 is 0 Å². The first kappa shape index (κ1) is 12.6. The predicted molar refractivity (Wildman–Crippen MR) is 68.0 cm³/mol. The van der Waals surface area contributed by atoms with Crippen LogP contribution < -0.4 is 11.3 Å². The molecule has 1 aliphatic heterocycles. The van der Waals surface area contributed by atoms with Crippen LogP contribution in [0.3, 0.4) is 0 Å². The Kier molecular flexibility index (Phi) is 4.73. The molecular formula is C10H22N4S. The van der Waals surface area contributed by atoms with E-state index in [1.54, 1.807) is 0 Å². The van der Waals surface area contributed by atoms with Gasteiger partial charge in [-0.3, -0.25) is 5.43 Å². The van der Waals surface area contributed by atoms with Crippen LogP contribution in [0.1, 0.15) is 27.7 Å². The van der Waals surface area contributed by atoms with Crippen molar-refractivity contribution in [1.82, 2.24) is 10.3 Å². The number of rotatable bonds is 1. The fraction of sp³-hybridized carbons (Fsp3) is 0.900. The third-order valence-electron chi connectivity index (χ3n) is 2.67. The molecule has 1 heterocycles. The summed E-state index contributed by atoms with van der Waals surface area (Å²) in [4.78, 5) is 6.77. The van der Waals surface area contributed by atoms with Gasteiger partial charge in [0.1, 0.15) is 0 Å². The van der Waals surface area contributed by atoms with Crippen LogP contribution in [-0.4, -0.2) is 40.5 Å². The Labute approximate surface area is 96.7 Å². The number of thioether (sulfide) groups is 1. The van der Waals surface area contributed by atoms with Crippen molar-refractivity contribution >= 4 is 17.7 Å². The van der Waals surface area contributed by atoms with Gasteiger partial charge in [0.2, 0.25) is 5.96 Å². The lowest BCUT2D eigenvalue weighted by molar-refractivity contribution is 0.321. The first-order valence-corrected chi connectivity index (χ1v) is 6.53. The minimum absolute atomic E-state index is 0.271. The average molecular weight is 230 g/mol. The molecule has 1 rings (SSSR count). The number of aliphatic imine (C=N–C) groups is 1. The van der Waals surface area contributed by atoms with E-state index in [1.807, 2.05) is 11.8 Å². The minimum Gasteiger partial charge on any atom is -0.337 e. The average Bonchev–Trinajstić information content (AvgIpc) is 2.19. The van der Waals surface area contributed by atoms with Crippen LogP contribution in [0.2, 0.25) is 0 Å². The van der Waals surface area contributed by atoms with Crippen molar-refractivity contribution in [3.8, 4) is 0 Å². The number of nitrogens with one attached hydrogen (secondary N) is 1. The SMILES string of the molecule is CC(C)N=C(NN)N1CCSC(C)C1C. The van der Waals surface area contributed by atoms with Crippen molar-refractivity contribution < 1.29 is 0 Å². The first-order valence-electron chi connectivity index (χ1n) is 5.49. The highest BCUT2D eigenvalue weighted by Gasteiger charge is 2.27. The lowest BCUT2D eigenvalue weighted by atomic mass is 10.2. The molecule has 0 saturated carbocycles. The van der Waals surface area contributed by atoms with E-state index in [-0.39, 0.29) is 6.04 Å². The Morgan fingerprint density at radius 3 is 2.73 bits per heavy atom. The lowest BCUT2D eigenvalue weighted by Gasteiger charge is -2.39. The molecule has 1 aliphatic rings. The summed E-state index contributed by atoms with van der Waals surface area (Å²) in [7, 11) is 0. The lowest BCUT2D eigenvalue weighted by Crippen LogP contribution is -2.54. The molecule has 0 aromatic rings. The third kappa shape index (κ3) is 3.28. The van der Waals surface area contributed by atoms with Crippen molar-refractivity contribution in [3.05, 3.63) is 0 Å². The summed E-state index contributed by atoms with van der Waals surface area (Å²) < 4.78 is 0. The zero-order chi connectivity index (χ0) is 11.4. The van der Waals surface area contributed by atoms with E-state index >= 15 is 0 Å². The maximum Gasteiger partial charge on any atom is 0.208 e. The van der Waals surface area contributed by atoms with Crippen molar-refractivity contribution in [2.24, 2.45) is 10.8 Å². The highest BCUT2D eigenvalue weighted by molar-refractivity contribution is 8.00. The van der Waals surface area contributed by atoms with Gasteiger partial charge >= 0.3 is 0 Å². The van der Waals surface area contributed by atoms with Gasteiger partial charge in [-0.05, 0) is 20.8 Å². The molecule has 4 nitrogen and oxygen atoms in total. The molecule has 0 spiro atoms. The molecule has 2 unspecified atom stereocenters. The van der Waals surface area contributed by atoms with Gasteiger partial charge in [0, 0.05) is 29.6 Å². The second kappa shape index (κ2) is 5.61. The van der Waals surface area contributed by atoms with Gasteiger partial charge in [-0.15, -0.1) is 0 Å². The molecule has 2 atom stereocenters. The Balaban J connectivity index is 2.74. The van der Waals surface area contributed by atoms with E-state index in [4.69, 9.17) is 5.84 Å². The van der Waals surface area contributed by atoms with Gasteiger partial charge in [0.25, 0.3) is 0 Å². The molecule has 1 fully saturated rings. The standard InChI is InChI=1S/C10H22N4S/c1-7(2)12-10(13-11)14-5-6-15-9(4)8(14)3/h7-9H,5-6,11H2,1-4H3,(H,12,13). The van der Waals surface area contributed by atoms with Gasteiger partial charge in [-0.25, -0.2) is 10.8 Å². The summed E-state index contributed by atoms with van der Waals surface area (Å²) in [6.45, 7) is 9.62. The normalized spacial score (nSPS) is 28.4. The van der Waals surface area contributed by atoms with E-state index in [0.717, 1.165) is 18.3 Å². The van der Waals surface area contributed by atoms with E-state index in [0.29, 0.717) is 11.3 Å². The van der Waals surface area contributed by atoms with Crippen LogP contribution in [0.4, 0.5) is 0 Å². The van der Waals surface area contributed by atoms with Crippen LogP contribution in [0.15, 0.2) is 4.99 Å². The quantitative estimate of drug-likeness (QED) is 0.306. The van der Waals surface area contributed by atoms with Crippen molar-refractivity contribution in [1.29, 1.82) is 0 Å². The fourth-order valence-corrected chi connectivity index (χ4v) is 2.77. The van der Waals surface area contributed by atoms with Gasteiger partial charge in [0.15, 0.2) is 0 Å². The second-order valence-electron chi connectivity index (χ2n) is 4.20. The number of hydrogen-bond acceptors (Lipinski definition) is 3. The molecule has 0 amide bonds. The molecule has 3 N–H and O–H groups in total. The van der Waals surface area contributed by atoms with Crippen LogP contribution in [0.5, 0.6) is 0 Å². The van der Waals surface area contributed by atoms with Crippen LogP contribution in [-0.2, 0) is 0 Å². The van der Waals surface area contributed by atoms with Crippen molar-refractivity contribution in [3.63, 3.8) is 0 Å². The van der Waals surface area contributed by atoms with Gasteiger partial charge in [-0.1, -0.05) is 6.92 Å². The fourth-order valence-electron chi connectivity index (χ4n) is 1.67. The molecule has 0 radical (unpaired) electrons. The minimum atomic E-state index is 0.271. The smallest absolute Gasteiger partial charge is 0.208 e. The van der Waals surface area contributed by atoms with Crippen molar-refractivity contribution in [2.45, 2.75) is 45.0 Å². The van der Waals surface area contributed by atoms with Crippen LogP contribution in [0, 0.1) is 0 Å². The Hall–Kier alpha value is -0.420. The Bertz CT molecular complexity index is 229. The van der Waals surface area contributed by atoms with E-state index in [2.05, 4.69) is 43.0 Å². The second-order valence-corrected chi connectivity index (χ2v) is 5.69. The van der Waals surface area contributed by atoms with E-state index in [1.165, 1.54) is 0 Å². The molecular weight excluding hydrogens is 208 g/mol. The van der Waals surface area contributed by atoms with Crippen LogP contribution in [0.25, 0.3) is 0 Å². The molecule has 0 aromatic heterocycles. The summed E-state index contributed by atoms with van der Waals surface area (Å²) in [5.74, 6) is 7.50. The molecule has 0 bridgehead atoms. The topological polar surface area (TPSA) is 53.6 Å². The Morgan fingerprint density at radius 1 is 1.53 bits per heavy atom. The molecule has 15 heavy (non-hydrogen) atoms. The maximum atomic E-state index is 5.53. The highest BCUT2D eigenvalue weighted by atomic mass is 32.2. The molecule has 0 aliphatic carbocycles. The first-order chi connectivity index (χ1) is 7.06. The number of guanidine groups is 1. The Morgan fingerprint density at radius 2 is 2.20 bits per heavy atom. The number of nitrogens with zero attached hydrogens (tertiary/aromatic N) is 2. The number of hydrazine groups is 1. The predicted octanol–water partition coefficient (Wildman–Crippen LogP) is 1.04. The summed E-state index contributed by atoms with van der Waals surface area (Å²) in [6.07, 6.45) is 0. The summed E-state index contributed by atoms with van der Waals surface area (Å²) in [5, 5.41) is 0.629. The number of hydrogen-bond donors (Lipinski definition) is 2. The van der Waals surface area contributed by atoms with Gasteiger partial charge in [-0.2, -0.15) is 11.8 Å². The van der Waals surface area contributed by atoms with Crippen LogP contribution >= 0.6 is 11.8 Å². The zero-order valence-electron chi connectivity index (χ0n) is 10.0. The van der Waals surface area contributed by atoms with Gasteiger partial charge in [0.05, 0.1) is 0 Å². The number of nitrogens with two attached hydrogens (primary N) is 1.